The topological polar surface area (TPSA) is 189 Å². The van der Waals surface area contributed by atoms with Crippen LogP contribution in [-0.2, 0) is 51.1 Å². The molecule has 2 aromatic rings. The Balaban J connectivity index is 1.06. The van der Waals surface area contributed by atoms with Crippen molar-refractivity contribution in [3.05, 3.63) is 35.4 Å². The van der Waals surface area contributed by atoms with Crippen LogP contribution >= 0.6 is 0 Å². The van der Waals surface area contributed by atoms with Crippen LogP contribution in [0.25, 0.3) is 0 Å². The average Bonchev–Trinajstić information content (AvgIpc) is 3.47. The number of carbonyl (C=O) groups is 4. The second-order valence-corrected chi connectivity index (χ2v) is 12.1. The Labute approximate surface area is 262 Å². The summed E-state index contributed by atoms with van der Waals surface area (Å²) in [5, 5.41) is 10.6. The van der Waals surface area contributed by atoms with Crippen LogP contribution in [0.15, 0.2) is 18.6 Å². The first kappa shape index (κ1) is 30.1. The number of aromatic nitrogens is 3. The summed E-state index contributed by atoms with van der Waals surface area (Å²) in [6.45, 7) is 3.61. The predicted molar refractivity (Wildman–Crippen MR) is 151 cm³/mol. The summed E-state index contributed by atoms with van der Waals surface area (Å²) in [4.78, 5) is 69.0. The van der Waals surface area contributed by atoms with E-state index in [0.717, 1.165) is 29.1 Å². The third-order valence-electron chi connectivity index (χ3n) is 9.04. The molecule has 2 bridgehead atoms. The van der Waals surface area contributed by atoms with Crippen molar-refractivity contribution in [2.75, 3.05) is 38.3 Å². The number of aliphatic hydroxyl groups is 1. The molecule has 5 aliphatic heterocycles. The fraction of sp³-hybridized carbons (Fsp3) is 0.567. The summed E-state index contributed by atoms with van der Waals surface area (Å²) in [6, 6.07) is 2.02. The van der Waals surface area contributed by atoms with Gasteiger partial charge in [-0.2, -0.15) is 0 Å². The normalized spacial score (nSPS) is 30.6. The van der Waals surface area contributed by atoms with Gasteiger partial charge in [-0.05, 0) is 19.4 Å². The number of pyridine rings is 1. The van der Waals surface area contributed by atoms with E-state index in [4.69, 9.17) is 28.4 Å². The molecule has 244 valence electrons. The second-order valence-electron chi connectivity index (χ2n) is 12.1. The molecule has 7 heterocycles. The first-order chi connectivity index (χ1) is 22.1. The molecule has 5 atom stereocenters. The molecule has 0 aliphatic carbocycles. The van der Waals surface area contributed by atoms with Crippen molar-refractivity contribution >= 4 is 29.5 Å². The van der Waals surface area contributed by atoms with Crippen LogP contribution in [0.3, 0.4) is 0 Å². The van der Waals surface area contributed by atoms with E-state index in [-0.39, 0.29) is 25.7 Å². The van der Waals surface area contributed by atoms with Crippen LogP contribution in [0.1, 0.15) is 42.5 Å². The third kappa shape index (κ3) is 5.24. The molecular formula is C30H33N5O11. The number of ether oxygens (including phenoxy) is 6. The summed E-state index contributed by atoms with van der Waals surface area (Å²) >= 11 is 0. The number of fused-ring (bicyclic) bond motifs is 3. The Morgan fingerprint density at radius 2 is 1.89 bits per heavy atom. The lowest BCUT2D eigenvalue weighted by Crippen LogP contribution is -2.63. The second kappa shape index (κ2) is 11.3. The summed E-state index contributed by atoms with van der Waals surface area (Å²) in [5.41, 5.74) is 1.16. The van der Waals surface area contributed by atoms with Gasteiger partial charge >= 0.3 is 23.9 Å². The SMILES string of the molecule is COc1ncc(N2CCc3ncnc(O[C@H]4CCN(C(=O)C5CCOC67OC(=O)CC(O)(CC(=O)OC56)C(=O)O7)C4)c3C2)cc1C. The van der Waals surface area contributed by atoms with Crippen molar-refractivity contribution in [3.63, 3.8) is 0 Å². The summed E-state index contributed by atoms with van der Waals surface area (Å²) in [5.74, 6) is -6.19. The molecule has 5 aliphatic rings. The molecule has 0 aromatic carbocycles. The van der Waals surface area contributed by atoms with E-state index in [1.807, 2.05) is 13.0 Å². The van der Waals surface area contributed by atoms with E-state index in [1.165, 1.54) is 6.33 Å². The lowest BCUT2D eigenvalue weighted by molar-refractivity contribution is -0.398. The fourth-order valence-electron chi connectivity index (χ4n) is 6.69. The minimum absolute atomic E-state index is 0.106. The van der Waals surface area contributed by atoms with Gasteiger partial charge in [0.2, 0.25) is 23.8 Å². The predicted octanol–water partition coefficient (Wildman–Crippen LogP) is -0.0420. The molecule has 2 aromatic heterocycles. The van der Waals surface area contributed by atoms with Gasteiger partial charge < -0.3 is 43.3 Å². The van der Waals surface area contributed by atoms with E-state index < -0.39 is 60.3 Å². The van der Waals surface area contributed by atoms with Gasteiger partial charge in [-0.25, -0.2) is 19.7 Å². The number of esters is 3. The molecule has 0 radical (unpaired) electrons. The Morgan fingerprint density at radius 3 is 2.70 bits per heavy atom. The van der Waals surface area contributed by atoms with Crippen molar-refractivity contribution in [1.82, 2.24) is 19.9 Å². The summed E-state index contributed by atoms with van der Waals surface area (Å²) < 4.78 is 33.4. The third-order valence-corrected chi connectivity index (χ3v) is 9.04. The fourth-order valence-corrected chi connectivity index (χ4v) is 6.69. The molecule has 4 unspecified atom stereocenters. The average molecular weight is 640 g/mol. The lowest BCUT2D eigenvalue weighted by Gasteiger charge is -2.44. The number of anilines is 1. The summed E-state index contributed by atoms with van der Waals surface area (Å²) in [7, 11) is 1.58. The van der Waals surface area contributed by atoms with Crippen molar-refractivity contribution in [1.29, 1.82) is 0 Å². The molecule has 0 saturated carbocycles. The lowest BCUT2D eigenvalue weighted by atomic mass is 9.91. The molecule has 1 N–H and O–H groups in total. The number of likely N-dealkylation sites (tertiary alicyclic amines) is 1. The maximum Gasteiger partial charge on any atom is 0.416 e. The zero-order chi connectivity index (χ0) is 32.2. The molecule has 16 nitrogen and oxygen atoms in total. The van der Waals surface area contributed by atoms with Crippen LogP contribution in [0.4, 0.5) is 5.69 Å². The minimum atomic E-state index is -2.48. The Bertz CT molecular complexity index is 1600. The highest BCUT2D eigenvalue weighted by Gasteiger charge is 2.65. The molecule has 7 rings (SSSR count). The largest absolute Gasteiger partial charge is 0.481 e. The van der Waals surface area contributed by atoms with Gasteiger partial charge in [0.05, 0.1) is 68.7 Å². The highest BCUT2D eigenvalue weighted by Crippen LogP contribution is 2.42. The molecule has 1 spiro atoms. The van der Waals surface area contributed by atoms with E-state index in [2.05, 4.69) is 19.9 Å². The first-order valence-corrected chi connectivity index (χ1v) is 15.1. The number of hydrogen-bond donors (Lipinski definition) is 1. The number of carbonyl (C=O) groups excluding carboxylic acids is 4. The number of rotatable bonds is 5. The quantitative estimate of drug-likeness (QED) is 0.429. The highest BCUT2D eigenvalue weighted by molar-refractivity contribution is 5.92. The van der Waals surface area contributed by atoms with E-state index in [0.29, 0.717) is 37.7 Å². The van der Waals surface area contributed by atoms with Crippen molar-refractivity contribution in [3.8, 4) is 11.8 Å². The number of methoxy groups -OCH3 is 1. The van der Waals surface area contributed by atoms with Crippen molar-refractivity contribution in [2.45, 2.75) is 69.4 Å². The van der Waals surface area contributed by atoms with E-state index >= 15 is 0 Å². The maximum absolute atomic E-state index is 13.9. The molecule has 16 heteroatoms. The van der Waals surface area contributed by atoms with Crippen LogP contribution in [-0.4, -0.2) is 106 Å². The Kier molecular flexibility index (Phi) is 7.43. The van der Waals surface area contributed by atoms with Gasteiger partial charge in [0, 0.05) is 31.5 Å². The van der Waals surface area contributed by atoms with E-state index in [9.17, 15) is 24.3 Å². The number of aryl methyl sites for hydroxylation is 1. The van der Waals surface area contributed by atoms with Crippen molar-refractivity contribution in [2.24, 2.45) is 5.92 Å². The van der Waals surface area contributed by atoms with Crippen LogP contribution < -0.4 is 14.4 Å². The zero-order valence-corrected chi connectivity index (χ0v) is 25.3. The molecule has 4 fully saturated rings. The number of nitrogens with zero attached hydrogens (tertiary/aromatic N) is 5. The smallest absolute Gasteiger partial charge is 0.416 e. The Hall–Kier alpha value is -4.57. The minimum Gasteiger partial charge on any atom is -0.481 e. The van der Waals surface area contributed by atoms with Gasteiger partial charge in [-0.15, -0.1) is 0 Å². The van der Waals surface area contributed by atoms with Crippen LogP contribution in [0.2, 0.25) is 0 Å². The van der Waals surface area contributed by atoms with Crippen LogP contribution in [0.5, 0.6) is 11.8 Å². The molecule has 4 saturated heterocycles. The first-order valence-electron chi connectivity index (χ1n) is 15.1. The van der Waals surface area contributed by atoms with Gasteiger partial charge in [0.1, 0.15) is 12.4 Å². The number of amides is 1. The highest BCUT2D eigenvalue weighted by atomic mass is 16.9. The van der Waals surface area contributed by atoms with Gasteiger partial charge in [0.25, 0.3) is 0 Å². The molecule has 1 amide bonds. The molecular weight excluding hydrogens is 606 g/mol. The van der Waals surface area contributed by atoms with Crippen molar-refractivity contribution < 1.29 is 52.7 Å². The zero-order valence-electron chi connectivity index (χ0n) is 25.3. The standard InChI is InChI=1S/C30H33N5O11/c1-16-9-17(12-31-25(16)41-2)34-7-4-21-20(14-34)26(33-15-32-21)43-18-3-6-35(13-18)27(38)19-5-8-42-30-24(19)44-22(36)10-29(40,28(39)46-30)11-23(37)45-30/h9,12,15,18-19,24,40H,3-8,10-11,13-14H2,1-2H3/t18-,19?,24?,29?,30?/m0/s1. The summed E-state index contributed by atoms with van der Waals surface area (Å²) in [6.07, 6.45) is 0.946. The van der Waals surface area contributed by atoms with Gasteiger partial charge in [-0.1, -0.05) is 0 Å². The molecule has 46 heavy (non-hydrogen) atoms. The Morgan fingerprint density at radius 1 is 1.07 bits per heavy atom. The van der Waals surface area contributed by atoms with Gasteiger partial charge in [-0.3, -0.25) is 14.4 Å². The van der Waals surface area contributed by atoms with Crippen LogP contribution in [0, 0.1) is 12.8 Å². The van der Waals surface area contributed by atoms with Gasteiger partial charge in [0.15, 0.2) is 5.60 Å². The number of hydrogen-bond acceptors (Lipinski definition) is 15. The van der Waals surface area contributed by atoms with E-state index in [1.54, 1.807) is 18.2 Å². The maximum atomic E-state index is 13.9. The monoisotopic (exact) mass is 639 g/mol.